The van der Waals surface area contributed by atoms with E-state index < -0.39 is 0 Å². The Labute approximate surface area is 130 Å². The van der Waals surface area contributed by atoms with E-state index >= 15 is 0 Å². The summed E-state index contributed by atoms with van der Waals surface area (Å²) < 4.78 is 0. The molecular weight excluding hydrogens is 274 g/mol. The number of hydrogen-bond donors (Lipinski definition) is 0. The first-order valence-electron chi connectivity index (χ1n) is 7.94. The zero-order valence-electron chi connectivity index (χ0n) is 12.2. The van der Waals surface area contributed by atoms with E-state index in [1.165, 1.54) is 36.1 Å². The quantitative estimate of drug-likeness (QED) is 0.773. The Hall–Kier alpha value is -1.38. The first-order valence-corrected chi connectivity index (χ1v) is 8.82. The van der Waals surface area contributed by atoms with Crippen molar-refractivity contribution in [1.82, 2.24) is 4.90 Å². The molecule has 4 rings (SSSR count). The maximum Gasteiger partial charge on any atom is 0.0300 e. The molecule has 2 atom stereocenters. The standard InChI is InChI=1S/C19H21NS/c1-2-6-15(7-3-1)14-20-17-8-4-9-18(20)13-16(12-17)19-10-5-11-21-19/h1-3,5-7,10-12,17-18H,4,8-9,13-14H2. The van der Waals surface area contributed by atoms with Crippen molar-refractivity contribution in [2.45, 2.75) is 44.3 Å². The number of rotatable bonds is 3. The molecule has 1 aromatic carbocycles. The van der Waals surface area contributed by atoms with Gasteiger partial charge in [-0.15, -0.1) is 11.3 Å². The normalized spacial score (nSPS) is 25.6. The Morgan fingerprint density at radius 1 is 1.05 bits per heavy atom. The number of thiophene rings is 1. The molecule has 108 valence electrons. The topological polar surface area (TPSA) is 3.24 Å². The van der Waals surface area contributed by atoms with Crippen molar-refractivity contribution < 1.29 is 0 Å². The maximum absolute atomic E-state index is 2.73. The van der Waals surface area contributed by atoms with Crippen LogP contribution < -0.4 is 0 Å². The minimum atomic E-state index is 0.634. The van der Waals surface area contributed by atoms with Gasteiger partial charge in [-0.25, -0.2) is 0 Å². The molecule has 1 fully saturated rings. The van der Waals surface area contributed by atoms with Gasteiger partial charge in [-0.05, 0) is 41.8 Å². The van der Waals surface area contributed by atoms with Gasteiger partial charge in [0.05, 0.1) is 0 Å². The number of nitrogens with zero attached hydrogens (tertiary/aromatic N) is 1. The van der Waals surface area contributed by atoms with Gasteiger partial charge in [-0.1, -0.05) is 48.9 Å². The highest BCUT2D eigenvalue weighted by Gasteiger charge is 2.34. The molecule has 2 bridgehead atoms. The highest BCUT2D eigenvalue weighted by atomic mass is 32.1. The van der Waals surface area contributed by atoms with Gasteiger partial charge >= 0.3 is 0 Å². The molecule has 3 heterocycles. The average Bonchev–Trinajstić information content (AvgIpc) is 3.02. The molecule has 2 unspecified atom stereocenters. The lowest BCUT2D eigenvalue weighted by molar-refractivity contribution is 0.0952. The van der Waals surface area contributed by atoms with Crippen LogP contribution in [-0.2, 0) is 6.54 Å². The van der Waals surface area contributed by atoms with Gasteiger partial charge in [-0.3, -0.25) is 4.90 Å². The predicted octanol–water partition coefficient (Wildman–Crippen LogP) is 4.96. The van der Waals surface area contributed by atoms with E-state index in [4.69, 9.17) is 0 Å². The molecule has 0 radical (unpaired) electrons. The van der Waals surface area contributed by atoms with Gasteiger partial charge in [-0.2, -0.15) is 0 Å². The van der Waals surface area contributed by atoms with Crippen LogP contribution >= 0.6 is 11.3 Å². The van der Waals surface area contributed by atoms with E-state index in [-0.39, 0.29) is 0 Å². The average molecular weight is 295 g/mol. The summed E-state index contributed by atoms with van der Waals surface area (Å²) in [6.45, 7) is 1.10. The summed E-state index contributed by atoms with van der Waals surface area (Å²) in [5, 5.41) is 2.20. The lowest BCUT2D eigenvalue weighted by Crippen LogP contribution is -2.47. The van der Waals surface area contributed by atoms with Gasteiger partial charge in [0.2, 0.25) is 0 Å². The molecule has 0 amide bonds. The molecule has 2 aliphatic rings. The van der Waals surface area contributed by atoms with Crippen LogP contribution in [0.15, 0.2) is 53.9 Å². The second-order valence-corrected chi connectivity index (χ2v) is 7.13. The first-order chi connectivity index (χ1) is 10.4. The minimum absolute atomic E-state index is 0.634. The van der Waals surface area contributed by atoms with E-state index in [0.717, 1.165) is 12.6 Å². The third kappa shape index (κ3) is 2.70. The molecule has 1 aromatic heterocycles. The summed E-state index contributed by atoms with van der Waals surface area (Å²) in [5.41, 5.74) is 3.03. The second kappa shape index (κ2) is 5.78. The van der Waals surface area contributed by atoms with Crippen LogP contribution in [0.25, 0.3) is 5.57 Å². The van der Waals surface area contributed by atoms with Crippen LogP contribution in [0.1, 0.15) is 36.1 Å². The van der Waals surface area contributed by atoms with Crippen LogP contribution in [0.4, 0.5) is 0 Å². The maximum atomic E-state index is 2.73. The molecule has 0 N–H and O–H groups in total. The Balaban J connectivity index is 1.59. The van der Waals surface area contributed by atoms with Crippen LogP contribution in [0.2, 0.25) is 0 Å². The number of benzene rings is 1. The van der Waals surface area contributed by atoms with Gasteiger partial charge in [0, 0.05) is 23.5 Å². The van der Waals surface area contributed by atoms with Crippen molar-refractivity contribution in [2.75, 3.05) is 0 Å². The van der Waals surface area contributed by atoms with Crippen molar-refractivity contribution in [3.8, 4) is 0 Å². The lowest BCUT2D eigenvalue weighted by atomic mass is 9.84. The molecule has 2 aromatic rings. The predicted molar refractivity (Wildman–Crippen MR) is 90.3 cm³/mol. The summed E-state index contributed by atoms with van der Waals surface area (Å²) >= 11 is 1.89. The fourth-order valence-electron chi connectivity index (χ4n) is 3.80. The highest BCUT2D eigenvalue weighted by Crippen LogP contribution is 2.38. The Kier molecular flexibility index (Phi) is 3.66. The van der Waals surface area contributed by atoms with Gasteiger partial charge in [0.25, 0.3) is 0 Å². The van der Waals surface area contributed by atoms with Gasteiger partial charge < -0.3 is 0 Å². The summed E-state index contributed by atoms with van der Waals surface area (Å²) in [4.78, 5) is 4.21. The summed E-state index contributed by atoms with van der Waals surface area (Å²) in [7, 11) is 0. The fraction of sp³-hybridized carbons (Fsp3) is 0.368. The molecule has 0 aliphatic carbocycles. The number of piperidine rings is 1. The van der Waals surface area contributed by atoms with Crippen LogP contribution in [-0.4, -0.2) is 17.0 Å². The van der Waals surface area contributed by atoms with E-state index in [0.29, 0.717) is 6.04 Å². The monoisotopic (exact) mass is 295 g/mol. The fourth-order valence-corrected chi connectivity index (χ4v) is 4.57. The zero-order valence-corrected chi connectivity index (χ0v) is 13.1. The van der Waals surface area contributed by atoms with Crippen molar-refractivity contribution in [1.29, 1.82) is 0 Å². The smallest absolute Gasteiger partial charge is 0.0300 e. The Morgan fingerprint density at radius 2 is 1.95 bits per heavy atom. The van der Waals surface area contributed by atoms with Crippen molar-refractivity contribution in [3.63, 3.8) is 0 Å². The van der Waals surface area contributed by atoms with E-state index in [2.05, 4.69) is 58.8 Å². The third-order valence-electron chi connectivity index (χ3n) is 4.83. The molecule has 1 saturated heterocycles. The van der Waals surface area contributed by atoms with E-state index in [1.54, 1.807) is 5.57 Å². The van der Waals surface area contributed by atoms with E-state index in [1.807, 2.05) is 11.3 Å². The molecule has 21 heavy (non-hydrogen) atoms. The number of hydrogen-bond acceptors (Lipinski definition) is 2. The van der Waals surface area contributed by atoms with Crippen molar-refractivity contribution >= 4 is 16.9 Å². The first kappa shape index (κ1) is 13.3. The van der Waals surface area contributed by atoms with Gasteiger partial charge in [0.15, 0.2) is 0 Å². The van der Waals surface area contributed by atoms with Crippen LogP contribution in [0.5, 0.6) is 0 Å². The third-order valence-corrected chi connectivity index (χ3v) is 5.77. The number of fused-ring (bicyclic) bond motifs is 2. The van der Waals surface area contributed by atoms with E-state index in [9.17, 15) is 0 Å². The molecule has 2 aliphatic heterocycles. The Bertz CT molecular complexity index is 614. The second-order valence-electron chi connectivity index (χ2n) is 6.18. The molecule has 1 nitrogen and oxygen atoms in total. The lowest BCUT2D eigenvalue weighted by Gasteiger charge is -2.45. The minimum Gasteiger partial charge on any atom is -0.289 e. The molecule has 0 spiro atoms. The van der Waals surface area contributed by atoms with Gasteiger partial charge in [0.1, 0.15) is 0 Å². The molecule has 0 saturated carbocycles. The largest absolute Gasteiger partial charge is 0.289 e. The zero-order chi connectivity index (χ0) is 14.1. The molecular formula is C19H21NS. The van der Waals surface area contributed by atoms with Crippen LogP contribution in [0.3, 0.4) is 0 Å². The van der Waals surface area contributed by atoms with Crippen LogP contribution in [0, 0.1) is 0 Å². The highest BCUT2D eigenvalue weighted by molar-refractivity contribution is 7.11. The molecule has 2 heteroatoms. The summed E-state index contributed by atoms with van der Waals surface area (Å²) in [6.07, 6.45) is 7.83. The summed E-state index contributed by atoms with van der Waals surface area (Å²) in [6, 6.07) is 16.7. The SMILES string of the molecule is C1=C(c2cccs2)CC2CCCC1N2Cc1ccccc1. The van der Waals surface area contributed by atoms with Crippen molar-refractivity contribution in [3.05, 3.63) is 64.4 Å². The van der Waals surface area contributed by atoms with Crippen molar-refractivity contribution in [2.24, 2.45) is 0 Å². The Morgan fingerprint density at radius 3 is 2.71 bits per heavy atom. The summed E-state index contributed by atoms with van der Waals surface area (Å²) in [5.74, 6) is 0.